The van der Waals surface area contributed by atoms with Crippen LogP contribution in [0, 0.1) is 5.41 Å². The molecule has 1 heterocycles. The maximum Gasteiger partial charge on any atom is 0.187 e. The second-order valence-electron chi connectivity index (χ2n) is 4.64. The van der Waals surface area contributed by atoms with Gasteiger partial charge in [0.25, 0.3) is 0 Å². The van der Waals surface area contributed by atoms with E-state index in [0.29, 0.717) is 23.9 Å². The third kappa shape index (κ3) is 2.83. The summed E-state index contributed by atoms with van der Waals surface area (Å²) in [5.41, 5.74) is 0.000295. The number of Topliss-reactive ketones (excluding diaryl/α,β-unsaturated/α-hetero) is 1. The number of hydrogen-bond acceptors (Lipinski definition) is 3. The van der Waals surface area contributed by atoms with Crippen LogP contribution in [0.15, 0.2) is 6.20 Å². The zero-order valence-corrected chi connectivity index (χ0v) is 10.8. The second-order valence-corrected chi connectivity index (χ2v) is 5.04. The van der Waals surface area contributed by atoms with E-state index in [9.17, 15) is 4.79 Å². The lowest BCUT2D eigenvalue weighted by molar-refractivity contribution is 0.0843. The van der Waals surface area contributed by atoms with E-state index in [1.54, 1.807) is 11.8 Å². The number of carbonyl (C=O) groups excluding carboxylic acids is 1. The first-order valence-corrected chi connectivity index (χ1v) is 5.50. The lowest BCUT2D eigenvalue weighted by Crippen LogP contribution is -2.24. The summed E-state index contributed by atoms with van der Waals surface area (Å²) >= 11 is 5.98. The standard InChI is InChI=1S/C11H17ClN2O2/c1-11(2,3)10(15)9-8(12)7-13-14(9)5-6-16-4/h7H,5-6H2,1-4H3. The lowest BCUT2D eigenvalue weighted by Gasteiger charge is -2.17. The highest BCUT2D eigenvalue weighted by Gasteiger charge is 2.28. The Morgan fingerprint density at radius 3 is 2.69 bits per heavy atom. The smallest absolute Gasteiger partial charge is 0.187 e. The Kier molecular flexibility index (Phi) is 4.10. The SMILES string of the molecule is COCCn1ncc(Cl)c1C(=O)C(C)(C)C. The van der Waals surface area contributed by atoms with Gasteiger partial charge in [0, 0.05) is 12.5 Å². The van der Waals surface area contributed by atoms with Crippen LogP contribution in [0.4, 0.5) is 0 Å². The highest BCUT2D eigenvalue weighted by molar-refractivity contribution is 6.33. The van der Waals surface area contributed by atoms with Crippen molar-refractivity contribution in [2.45, 2.75) is 27.3 Å². The molecule has 0 radical (unpaired) electrons. The Hall–Kier alpha value is -0.870. The molecule has 0 fully saturated rings. The van der Waals surface area contributed by atoms with Crippen molar-refractivity contribution in [2.75, 3.05) is 13.7 Å². The van der Waals surface area contributed by atoms with Crippen LogP contribution in [-0.2, 0) is 11.3 Å². The van der Waals surface area contributed by atoms with Gasteiger partial charge in [-0.1, -0.05) is 32.4 Å². The first-order valence-electron chi connectivity index (χ1n) is 5.13. The van der Waals surface area contributed by atoms with Crippen LogP contribution in [0.3, 0.4) is 0 Å². The van der Waals surface area contributed by atoms with E-state index < -0.39 is 5.41 Å². The summed E-state index contributed by atoms with van der Waals surface area (Å²) in [4.78, 5) is 12.1. The first-order chi connectivity index (χ1) is 7.38. The topological polar surface area (TPSA) is 44.1 Å². The number of methoxy groups -OCH3 is 1. The molecule has 1 aromatic rings. The minimum absolute atomic E-state index is 0.00824. The van der Waals surface area contributed by atoms with Gasteiger partial charge in [0.2, 0.25) is 0 Å². The number of ketones is 1. The molecule has 1 rings (SSSR count). The third-order valence-corrected chi connectivity index (χ3v) is 2.47. The Bertz CT molecular complexity index is 380. The van der Waals surface area contributed by atoms with Gasteiger partial charge in [-0.05, 0) is 0 Å². The predicted molar refractivity (Wildman–Crippen MR) is 62.9 cm³/mol. The predicted octanol–water partition coefficient (Wildman–Crippen LogP) is 2.41. The van der Waals surface area contributed by atoms with Crippen LogP contribution in [0.25, 0.3) is 0 Å². The molecule has 0 amide bonds. The molecule has 5 heteroatoms. The van der Waals surface area contributed by atoms with Gasteiger partial charge in [-0.3, -0.25) is 9.48 Å². The molecular formula is C11H17ClN2O2. The van der Waals surface area contributed by atoms with E-state index in [0.717, 1.165) is 0 Å². The lowest BCUT2D eigenvalue weighted by atomic mass is 9.89. The van der Waals surface area contributed by atoms with E-state index in [1.165, 1.54) is 6.20 Å². The fourth-order valence-corrected chi connectivity index (χ4v) is 1.52. The van der Waals surface area contributed by atoms with E-state index in [2.05, 4.69) is 5.10 Å². The minimum Gasteiger partial charge on any atom is -0.383 e. The molecule has 0 aliphatic rings. The number of halogens is 1. The average Bonchev–Trinajstić information content (AvgIpc) is 2.54. The van der Waals surface area contributed by atoms with Crippen molar-refractivity contribution in [1.29, 1.82) is 0 Å². The second kappa shape index (κ2) is 4.97. The van der Waals surface area contributed by atoms with Gasteiger partial charge in [0.05, 0.1) is 24.4 Å². The molecule has 90 valence electrons. The Labute approximate surface area is 101 Å². The van der Waals surface area contributed by atoms with Crippen LogP contribution in [0.2, 0.25) is 5.02 Å². The summed E-state index contributed by atoms with van der Waals surface area (Å²) in [6.45, 7) is 6.61. The number of ether oxygens (including phenoxy) is 1. The molecule has 4 nitrogen and oxygen atoms in total. The van der Waals surface area contributed by atoms with Gasteiger partial charge in [-0.25, -0.2) is 0 Å². The minimum atomic E-state index is -0.464. The average molecular weight is 245 g/mol. The zero-order chi connectivity index (χ0) is 12.3. The van der Waals surface area contributed by atoms with E-state index in [-0.39, 0.29) is 5.78 Å². The molecule has 0 aliphatic carbocycles. The molecule has 0 aliphatic heterocycles. The number of hydrogen-bond donors (Lipinski definition) is 0. The normalized spacial score (nSPS) is 11.8. The number of rotatable bonds is 4. The van der Waals surface area contributed by atoms with Gasteiger partial charge >= 0.3 is 0 Å². The third-order valence-electron chi connectivity index (χ3n) is 2.20. The van der Waals surface area contributed by atoms with Crippen LogP contribution >= 0.6 is 11.6 Å². The highest BCUT2D eigenvalue weighted by Crippen LogP contribution is 2.25. The molecule has 1 aromatic heterocycles. The Morgan fingerprint density at radius 2 is 2.19 bits per heavy atom. The molecule has 0 unspecified atom stereocenters. The van der Waals surface area contributed by atoms with Gasteiger partial charge in [0.15, 0.2) is 5.78 Å². The maximum absolute atomic E-state index is 12.1. The molecule has 0 saturated carbocycles. The molecule has 0 spiro atoms. The van der Waals surface area contributed by atoms with Crippen molar-refractivity contribution in [3.05, 3.63) is 16.9 Å². The molecule has 0 saturated heterocycles. The van der Waals surface area contributed by atoms with Crippen molar-refractivity contribution in [1.82, 2.24) is 9.78 Å². The van der Waals surface area contributed by atoms with E-state index in [1.807, 2.05) is 20.8 Å². The zero-order valence-electron chi connectivity index (χ0n) is 10.1. The molecule has 0 bridgehead atoms. The van der Waals surface area contributed by atoms with Crippen LogP contribution in [-0.4, -0.2) is 29.3 Å². The summed E-state index contributed by atoms with van der Waals surface area (Å²) < 4.78 is 6.56. The molecular weight excluding hydrogens is 228 g/mol. The summed E-state index contributed by atoms with van der Waals surface area (Å²) in [5, 5.41) is 4.47. The van der Waals surface area contributed by atoms with Gasteiger partial charge in [-0.15, -0.1) is 0 Å². The fraction of sp³-hybridized carbons (Fsp3) is 0.636. The van der Waals surface area contributed by atoms with Crippen molar-refractivity contribution in [3.63, 3.8) is 0 Å². The largest absolute Gasteiger partial charge is 0.383 e. The van der Waals surface area contributed by atoms with Crippen LogP contribution in [0.1, 0.15) is 31.3 Å². The van der Waals surface area contributed by atoms with E-state index >= 15 is 0 Å². The van der Waals surface area contributed by atoms with Crippen molar-refractivity contribution >= 4 is 17.4 Å². The molecule has 0 N–H and O–H groups in total. The Morgan fingerprint density at radius 1 is 1.56 bits per heavy atom. The van der Waals surface area contributed by atoms with Gasteiger partial charge in [0.1, 0.15) is 5.69 Å². The van der Waals surface area contributed by atoms with Crippen molar-refractivity contribution in [3.8, 4) is 0 Å². The number of carbonyl (C=O) groups is 1. The first kappa shape index (κ1) is 13.2. The van der Waals surface area contributed by atoms with Crippen LogP contribution < -0.4 is 0 Å². The summed E-state index contributed by atoms with van der Waals surface area (Å²) in [5.74, 6) is -0.00824. The van der Waals surface area contributed by atoms with Crippen molar-refractivity contribution in [2.24, 2.45) is 5.41 Å². The summed E-state index contributed by atoms with van der Waals surface area (Å²) in [6, 6.07) is 0. The number of nitrogens with zero attached hydrogens (tertiary/aromatic N) is 2. The number of aromatic nitrogens is 2. The molecule has 16 heavy (non-hydrogen) atoms. The maximum atomic E-state index is 12.1. The molecule has 0 atom stereocenters. The van der Waals surface area contributed by atoms with E-state index in [4.69, 9.17) is 16.3 Å². The van der Waals surface area contributed by atoms with Crippen LogP contribution in [0.5, 0.6) is 0 Å². The Balaban J connectivity index is 3.02. The molecule has 0 aromatic carbocycles. The quantitative estimate of drug-likeness (QED) is 0.764. The van der Waals surface area contributed by atoms with Gasteiger partial charge in [-0.2, -0.15) is 5.10 Å². The monoisotopic (exact) mass is 244 g/mol. The fourth-order valence-electron chi connectivity index (χ4n) is 1.29. The van der Waals surface area contributed by atoms with Crippen molar-refractivity contribution < 1.29 is 9.53 Å². The summed E-state index contributed by atoms with van der Waals surface area (Å²) in [6.07, 6.45) is 1.50. The van der Waals surface area contributed by atoms with Gasteiger partial charge < -0.3 is 4.74 Å². The summed E-state index contributed by atoms with van der Waals surface area (Å²) in [7, 11) is 1.61. The highest BCUT2D eigenvalue weighted by atomic mass is 35.5.